The van der Waals surface area contributed by atoms with Gasteiger partial charge in [0.2, 0.25) is 0 Å². The number of pyridine rings is 1. The fourth-order valence-corrected chi connectivity index (χ4v) is 2.61. The average molecular weight is 263 g/mol. The Kier molecular flexibility index (Phi) is 2.45. The summed E-state index contributed by atoms with van der Waals surface area (Å²) in [4.78, 5) is 8.25. The number of fused-ring (bicyclic) bond motifs is 1. The van der Waals surface area contributed by atoms with E-state index in [1.54, 1.807) is 12.4 Å². The van der Waals surface area contributed by atoms with Crippen LogP contribution in [0.25, 0.3) is 20.8 Å². The molecule has 0 amide bonds. The van der Waals surface area contributed by atoms with Crippen LogP contribution in [-0.2, 0) is 0 Å². The van der Waals surface area contributed by atoms with Crippen LogP contribution in [0.4, 0.5) is 14.5 Å². The van der Waals surface area contributed by atoms with Crippen molar-refractivity contribution in [2.24, 2.45) is 0 Å². The molecule has 0 aliphatic rings. The summed E-state index contributed by atoms with van der Waals surface area (Å²) < 4.78 is 27.2. The molecule has 2 heterocycles. The van der Waals surface area contributed by atoms with Gasteiger partial charge in [-0.1, -0.05) is 0 Å². The van der Waals surface area contributed by atoms with Crippen LogP contribution in [0.3, 0.4) is 0 Å². The van der Waals surface area contributed by atoms with E-state index in [1.165, 1.54) is 11.3 Å². The Labute approximate surface area is 105 Å². The van der Waals surface area contributed by atoms with Crippen LogP contribution in [0.5, 0.6) is 0 Å². The third-order valence-electron chi connectivity index (χ3n) is 2.51. The molecule has 1 aromatic carbocycles. The van der Waals surface area contributed by atoms with Crippen molar-refractivity contribution in [1.82, 2.24) is 9.97 Å². The van der Waals surface area contributed by atoms with E-state index < -0.39 is 11.6 Å². The Hall–Kier alpha value is -2.08. The number of nitrogen functional groups attached to an aromatic ring is 1. The number of rotatable bonds is 1. The van der Waals surface area contributed by atoms with Crippen LogP contribution < -0.4 is 5.73 Å². The third-order valence-corrected chi connectivity index (χ3v) is 3.58. The number of hydrogen-bond donors (Lipinski definition) is 1. The van der Waals surface area contributed by atoms with Gasteiger partial charge in [0, 0.05) is 23.5 Å². The van der Waals surface area contributed by atoms with Crippen LogP contribution in [-0.4, -0.2) is 9.97 Å². The van der Waals surface area contributed by atoms with E-state index in [4.69, 9.17) is 5.73 Å². The summed E-state index contributed by atoms with van der Waals surface area (Å²) in [6.07, 6.45) is 3.27. The van der Waals surface area contributed by atoms with Gasteiger partial charge in [0.25, 0.3) is 0 Å². The fourth-order valence-electron chi connectivity index (χ4n) is 1.64. The van der Waals surface area contributed by atoms with Gasteiger partial charge >= 0.3 is 0 Å². The molecule has 90 valence electrons. The maximum Gasteiger partial charge on any atom is 0.160 e. The van der Waals surface area contributed by atoms with Gasteiger partial charge in [0.05, 0.1) is 10.9 Å². The van der Waals surface area contributed by atoms with Crippen LogP contribution in [0.2, 0.25) is 0 Å². The molecule has 0 spiro atoms. The molecule has 0 saturated heterocycles. The quantitative estimate of drug-likeness (QED) is 0.686. The summed E-state index contributed by atoms with van der Waals surface area (Å²) in [5.41, 5.74) is 6.96. The largest absolute Gasteiger partial charge is 0.398 e. The van der Waals surface area contributed by atoms with E-state index in [0.717, 1.165) is 16.8 Å². The van der Waals surface area contributed by atoms with Crippen molar-refractivity contribution in [3.05, 3.63) is 42.2 Å². The van der Waals surface area contributed by atoms with Crippen LogP contribution in [0.15, 0.2) is 30.6 Å². The molecule has 0 aliphatic heterocycles. The minimum Gasteiger partial charge on any atom is -0.398 e. The lowest BCUT2D eigenvalue weighted by Crippen LogP contribution is -1.94. The molecule has 0 radical (unpaired) electrons. The van der Waals surface area contributed by atoms with Crippen molar-refractivity contribution in [1.29, 1.82) is 0 Å². The van der Waals surface area contributed by atoms with Crippen molar-refractivity contribution >= 4 is 27.2 Å². The second-order valence-corrected chi connectivity index (χ2v) is 4.75. The summed E-state index contributed by atoms with van der Waals surface area (Å²) in [6.45, 7) is 0. The van der Waals surface area contributed by atoms with Crippen molar-refractivity contribution in [3.8, 4) is 10.6 Å². The van der Waals surface area contributed by atoms with Gasteiger partial charge in [-0.2, -0.15) is 0 Å². The zero-order valence-corrected chi connectivity index (χ0v) is 9.84. The molecular weight excluding hydrogens is 256 g/mol. The van der Waals surface area contributed by atoms with Crippen molar-refractivity contribution in [3.63, 3.8) is 0 Å². The first-order valence-electron chi connectivity index (χ1n) is 5.10. The van der Waals surface area contributed by atoms with Crippen molar-refractivity contribution in [2.75, 3.05) is 5.73 Å². The first kappa shape index (κ1) is 11.0. The number of nitrogens with zero attached hydrogens (tertiary/aromatic N) is 2. The van der Waals surface area contributed by atoms with Crippen LogP contribution >= 0.6 is 11.3 Å². The molecule has 0 fully saturated rings. The standard InChI is InChI=1S/C12H7F2N3S/c13-7-3-6(9(15)4-8(7)14)12-17-10-5-16-2-1-11(10)18-12/h1-5H,15H2. The third kappa shape index (κ3) is 1.70. The first-order chi connectivity index (χ1) is 8.65. The monoisotopic (exact) mass is 263 g/mol. The maximum atomic E-state index is 13.2. The van der Waals surface area contributed by atoms with E-state index in [0.29, 0.717) is 16.1 Å². The number of halogens is 2. The van der Waals surface area contributed by atoms with E-state index in [9.17, 15) is 8.78 Å². The van der Waals surface area contributed by atoms with Gasteiger partial charge in [-0.3, -0.25) is 4.98 Å². The fraction of sp³-hybridized carbons (Fsp3) is 0. The summed E-state index contributed by atoms with van der Waals surface area (Å²) in [5, 5.41) is 0.550. The number of anilines is 1. The lowest BCUT2D eigenvalue weighted by molar-refractivity contribution is 0.509. The lowest BCUT2D eigenvalue weighted by atomic mass is 10.2. The second-order valence-electron chi connectivity index (χ2n) is 3.72. The Morgan fingerprint density at radius 1 is 1.17 bits per heavy atom. The topological polar surface area (TPSA) is 51.8 Å². The maximum absolute atomic E-state index is 13.2. The predicted octanol–water partition coefficient (Wildman–Crippen LogP) is 3.22. The molecule has 0 saturated carbocycles. The number of aromatic nitrogens is 2. The van der Waals surface area contributed by atoms with Crippen LogP contribution in [0, 0.1) is 11.6 Å². The molecule has 0 atom stereocenters. The zero-order chi connectivity index (χ0) is 12.7. The number of hydrogen-bond acceptors (Lipinski definition) is 4. The molecule has 2 N–H and O–H groups in total. The van der Waals surface area contributed by atoms with Crippen LogP contribution in [0.1, 0.15) is 0 Å². The van der Waals surface area contributed by atoms with Gasteiger partial charge in [0.1, 0.15) is 10.5 Å². The molecule has 18 heavy (non-hydrogen) atoms. The Morgan fingerprint density at radius 2 is 1.94 bits per heavy atom. The minimum atomic E-state index is -0.959. The number of benzene rings is 1. The van der Waals surface area contributed by atoms with Gasteiger partial charge < -0.3 is 5.73 Å². The second kappa shape index (κ2) is 3.99. The predicted molar refractivity (Wildman–Crippen MR) is 67.2 cm³/mol. The molecule has 3 rings (SSSR count). The Balaban J connectivity index is 2.22. The molecule has 3 aromatic rings. The molecule has 2 aromatic heterocycles. The average Bonchev–Trinajstić information content (AvgIpc) is 2.77. The molecule has 3 nitrogen and oxygen atoms in total. The Morgan fingerprint density at radius 3 is 2.72 bits per heavy atom. The molecular formula is C12H7F2N3S. The Bertz CT molecular complexity index is 706. The van der Waals surface area contributed by atoms with Crippen molar-refractivity contribution in [2.45, 2.75) is 0 Å². The highest BCUT2D eigenvalue weighted by molar-refractivity contribution is 7.21. The van der Waals surface area contributed by atoms with Gasteiger partial charge in [-0.25, -0.2) is 13.8 Å². The summed E-state index contributed by atoms with van der Waals surface area (Å²) in [6, 6.07) is 3.84. The van der Waals surface area contributed by atoms with E-state index in [1.807, 2.05) is 6.07 Å². The number of thiazole rings is 1. The van der Waals surface area contributed by atoms with Crippen molar-refractivity contribution < 1.29 is 8.78 Å². The molecule has 0 aliphatic carbocycles. The zero-order valence-electron chi connectivity index (χ0n) is 9.02. The van der Waals surface area contributed by atoms with E-state index >= 15 is 0 Å². The SMILES string of the molecule is Nc1cc(F)c(F)cc1-c1nc2cnccc2s1. The van der Waals surface area contributed by atoms with E-state index in [2.05, 4.69) is 9.97 Å². The van der Waals surface area contributed by atoms with Gasteiger partial charge in [-0.15, -0.1) is 11.3 Å². The minimum absolute atomic E-state index is 0.168. The first-order valence-corrected chi connectivity index (χ1v) is 5.92. The highest BCUT2D eigenvalue weighted by Crippen LogP contribution is 2.33. The normalized spacial score (nSPS) is 11.0. The summed E-state index contributed by atoms with van der Waals surface area (Å²) in [5.74, 6) is -1.89. The summed E-state index contributed by atoms with van der Waals surface area (Å²) in [7, 11) is 0. The smallest absolute Gasteiger partial charge is 0.160 e. The molecule has 0 bridgehead atoms. The highest BCUT2D eigenvalue weighted by atomic mass is 32.1. The van der Waals surface area contributed by atoms with Gasteiger partial charge in [-0.05, 0) is 12.1 Å². The lowest BCUT2D eigenvalue weighted by Gasteiger charge is -2.02. The number of nitrogens with two attached hydrogens (primary N) is 1. The summed E-state index contributed by atoms with van der Waals surface area (Å²) >= 11 is 1.36. The van der Waals surface area contributed by atoms with Gasteiger partial charge in [0.15, 0.2) is 11.6 Å². The molecule has 6 heteroatoms. The highest BCUT2D eigenvalue weighted by Gasteiger charge is 2.13. The molecule has 0 unspecified atom stereocenters. The van der Waals surface area contributed by atoms with E-state index in [-0.39, 0.29) is 5.69 Å².